The highest BCUT2D eigenvalue weighted by molar-refractivity contribution is 5.75. The molecule has 2 N–H and O–H groups in total. The number of aliphatic carboxylic acids is 1. The fourth-order valence-corrected chi connectivity index (χ4v) is 2.09. The largest absolute Gasteiger partial charge is 0.481 e. The molecule has 0 aliphatic carbocycles. The number of hydrogen-bond donors (Lipinski definition) is 2. The van der Waals surface area contributed by atoms with Crippen molar-refractivity contribution in [1.29, 1.82) is 0 Å². The van der Waals surface area contributed by atoms with Gasteiger partial charge in [-0.1, -0.05) is 13.8 Å². The Bertz CT molecular complexity index is 291. The van der Waals surface area contributed by atoms with Crippen LogP contribution in [0.25, 0.3) is 0 Å². The number of urea groups is 1. The molecular formula is C12H22N2O3. The Hall–Kier alpha value is -1.26. The minimum absolute atomic E-state index is 0.00277. The molecule has 0 radical (unpaired) electrons. The second kappa shape index (κ2) is 5.89. The van der Waals surface area contributed by atoms with Crippen molar-refractivity contribution in [1.82, 2.24) is 10.2 Å². The van der Waals surface area contributed by atoms with Crippen LogP contribution in [0.1, 0.15) is 33.6 Å². The third-order valence-electron chi connectivity index (χ3n) is 3.15. The number of piperidine rings is 1. The number of amides is 2. The summed E-state index contributed by atoms with van der Waals surface area (Å²) >= 11 is 0. The smallest absolute Gasteiger partial charge is 0.317 e. The first-order valence-electron chi connectivity index (χ1n) is 6.19. The fourth-order valence-electron chi connectivity index (χ4n) is 2.09. The van der Waals surface area contributed by atoms with Crippen LogP contribution in [-0.4, -0.2) is 41.1 Å². The van der Waals surface area contributed by atoms with E-state index in [0.717, 1.165) is 0 Å². The molecule has 1 heterocycles. The zero-order chi connectivity index (χ0) is 13.0. The van der Waals surface area contributed by atoms with Gasteiger partial charge in [0.15, 0.2) is 0 Å². The quantitative estimate of drug-likeness (QED) is 0.788. The molecule has 0 aromatic carbocycles. The van der Waals surface area contributed by atoms with Gasteiger partial charge in [0.1, 0.15) is 0 Å². The van der Waals surface area contributed by atoms with Crippen LogP contribution in [0.15, 0.2) is 0 Å². The average molecular weight is 242 g/mol. The third kappa shape index (κ3) is 3.91. The summed E-state index contributed by atoms with van der Waals surface area (Å²) in [5, 5.41) is 11.8. The van der Waals surface area contributed by atoms with E-state index in [2.05, 4.69) is 5.32 Å². The molecule has 1 aliphatic rings. The fraction of sp³-hybridized carbons (Fsp3) is 0.833. The maximum atomic E-state index is 11.9. The molecule has 1 aliphatic heterocycles. The van der Waals surface area contributed by atoms with Crippen LogP contribution in [0.4, 0.5) is 4.79 Å². The summed E-state index contributed by atoms with van der Waals surface area (Å²) < 4.78 is 0. The van der Waals surface area contributed by atoms with E-state index in [1.165, 1.54) is 0 Å². The van der Waals surface area contributed by atoms with Crippen molar-refractivity contribution >= 4 is 12.0 Å². The third-order valence-corrected chi connectivity index (χ3v) is 3.15. The van der Waals surface area contributed by atoms with Gasteiger partial charge in [-0.2, -0.15) is 0 Å². The van der Waals surface area contributed by atoms with E-state index in [9.17, 15) is 9.59 Å². The predicted molar refractivity (Wildman–Crippen MR) is 64.8 cm³/mol. The van der Waals surface area contributed by atoms with Gasteiger partial charge in [-0.05, 0) is 25.7 Å². The Morgan fingerprint density at radius 2 is 2.12 bits per heavy atom. The Balaban J connectivity index is 2.46. The lowest BCUT2D eigenvalue weighted by Crippen LogP contribution is -2.50. The Labute approximate surface area is 102 Å². The van der Waals surface area contributed by atoms with Gasteiger partial charge in [0, 0.05) is 19.1 Å². The maximum absolute atomic E-state index is 11.9. The van der Waals surface area contributed by atoms with Crippen molar-refractivity contribution in [2.24, 2.45) is 11.8 Å². The van der Waals surface area contributed by atoms with Gasteiger partial charge in [-0.3, -0.25) is 4.79 Å². The minimum Gasteiger partial charge on any atom is -0.481 e. The maximum Gasteiger partial charge on any atom is 0.317 e. The van der Waals surface area contributed by atoms with Gasteiger partial charge in [-0.25, -0.2) is 4.79 Å². The summed E-state index contributed by atoms with van der Waals surface area (Å²) in [4.78, 5) is 24.5. The molecule has 98 valence electrons. The van der Waals surface area contributed by atoms with Crippen LogP contribution in [0.3, 0.4) is 0 Å². The van der Waals surface area contributed by atoms with Crippen molar-refractivity contribution in [2.75, 3.05) is 13.1 Å². The first-order valence-corrected chi connectivity index (χ1v) is 6.19. The molecule has 2 atom stereocenters. The molecule has 0 aromatic rings. The first-order chi connectivity index (χ1) is 7.91. The van der Waals surface area contributed by atoms with Crippen LogP contribution >= 0.6 is 0 Å². The predicted octanol–water partition coefficient (Wildman–Crippen LogP) is 1.54. The number of carbonyl (C=O) groups excluding carboxylic acids is 1. The van der Waals surface area contributed by atoms with E-state index in [0.29, 0.717) is 31.8 Å². The number of carboxylic acid groups (broad SMARTS) is 1. The van der Waals surface area contributed by atoms with Crippen LogP contribution < -0.4 is 5.32 Å². The minimum atomic E-state index is -0.751. The summed E-state index contributed by atoms with van der Waals surface area (Å²) in [7, 11) is 0. The van der Waals surface area contributed by atoms with Crippen molar-refractivity contribution in [2.45, 2.75) is 39.7 Å². The van der Waals surface area contributed by atoms with E-state index in [4.69, 9.17) is 5.11 Å². The molecular weight excluding hydrogens is 220 g/mol. The topological polar surface area (TPSA) is 69.6 Å². The van der Waals surface area contributed by atoms with Crippen LogP contribution in [0.2, 0.25) is 0 Å². The van der Waals surface area contributed by atoms with E-state index >= 15 is 0 Å². The highest BCUT2D eigenvalue weighted by atomic mass is 16.4. The van der Waals surface area contributed by atoms with Crippen molar-refractivity contribution in [3.8, 4) is 0 Å². The molecule has 1 fully saturated rings. The molecule has 1 rings (SSSR count). The second-order valence-corrected chi connectivity index (χ2v) is 5.18. The molecule has 0 saturated carbocycles. The van der Waals surface area contributed by atoms with E-state index in [-0.39, 0.29) is 18.0 Å². The molecule has 0 bridgehead atoms. The second-order valence-electron chi connectivity index (χ2n) is 5.18. The number of likely N-dealkylation sites (tertiary alicyclic amines) is 1. The number of hydrogen-bond acceptors (Lipinski definition) is 2. The molecule has 0 spiro atoms. The molecule has 0 aromatic heterocycles. The van der Waals surface area contributed by atoms with Crippen LogP contribution in [0, 0.1) is 11.8 Å². The zero-order valence-electron chi connectivity index (χ0n) is 10.8. The molecule has 1 saturated heterocycles. The summed E-state index contributed by atoms with van der Waals surface area (Å²) in [5.74, 6) is -0.635. The lowest BCUT2D eigenvalue weighted by molar-refractivity contribution is -0.143. The van der Waals surface area contributed by atoms with Gasteiger partial charge in [-0.15, -0.1) is 0 Å². The van der Waals surface area contributed by atoms with Crippen LogP contribution in [-0.2, 0) is 4.79 Å². The summed E-state index contributed by atoms with van der Waals surface area (Å²) in [6.45, 7) is 7.18. The highest BCUT2D eigenvalue weighted by Gasteiger charge is 2.31. The number of carboxylic acids is 1. The molecule has 5 heteroatoms. The number of nitrogens with zero attached hydrogens (tertiary/aromatic N) is 1. The molecule has 5 nitrogen and oxygen atoms in total. The van der Waals surface area contributed by atoms with Crippen molar-refractivity contribution in [3.63, 3.8) is 0 Å². The standard InChI is InChI=1S/C12H22N2O3/c1-8(2)7-13-12(17)14-5-4-10(11(15)16)6-9(14)3/h8-10H,4-7H2,1-3H3,(H,13,17)(H,15,16). The van der Waals surface area contributed by atoms with Gasteiger partial charge in [0.05, 0.1) is 5.92 Å². The molecule has 2 amide bonds. The van der Waals surface area contributed by atoms with E-state index in [1.807, 2.05) is 20.8 Å². The Kier molecular flexibility index (Phi) is 4.78. The van der Waals surface area contributed by atoms with Gasteiger partial charge < -0.3 is 15.3 Å². The lowest BCUT2D eigenvalue weighted by atomic mass is 9.92. The molecule has 17 heavy (non-hydrogen) atoms. The lowest BCUT2D eigenvalue weighted by Gasteiger charge is -2.36. The van der Waals surface area contributed by atoms with Gasteiger partial charge in [0.25, 0.3) is 0 Å². The summed E-state index contributed by atoms with van der Waals surface area (Å²) in [6, 6.07) is -0.0768. The highest BCUT2D eigenvalue weighted by Crippen LogP contribution is 2.22. The van der Waals surface area contributed by atoms with Crippen molar-refractivity contribution < 1.29 is 14.7 Å². The number of carbonyl (C=O) groups is 2. The van der Waals surface area contributed by atoms with Gasteiger partial charge >= 0.3 is 12.0 Å². The normalized spacial score (nSPS) is 24.8. The van der Waals surface area contributed by atoms with E-state index in [1.54, 1.807) is 4.90 Å². The Morgan fingerprint density at radius 3 is 2.59 bits per heavy atom. The van der Waals surface area contributed by atoms with Crippen molar-refractivity contribution in [3.05, 3.63) is 0 Å². The number of rotatable bonds is 3. The zero-order valence-corrected chi connectivity index (χ0v) is 10.8. The summed E-state index contributed by atoms with van der Waals surface area (Å²) in [6.07, 6.45) is 1.10. The number of nitrogens with one attached hydrogen (secondary N) is 1. The average Bonchev–Trinajstić information content (AvgIpc) is 2.25. The monoisotopic (exact) mass is 242 g/mol. The molecule has 2 unspecified atom stereocenters. The van der Waals surface area contributed by atoms with Crippen LogP contribution in [0.5, 0.6) is 0 Å². The first kappa shape index (κ1) is 13.8. The van der Waals surface area contributed by atoms with Gasteiger partial charge in [0.2, 0.25) is 0 Å². The SMILES string of the molecule is CC(C)CNC(=O)N1CCC(C(=O)O)CC1C. The summed E-state index contributed by atoms with van der Waals surface area (Å²) in [5.41, 5.74) is 0. The van der Waals surface area contributed by atoms with E-state index < -0.39 is 5.97 Å². The Morgan fingerprint density at radius 1 is 1.47 bits per heavy atom.